The Bertz CT molecular complexity index is 1070. The number of aryl methyl sites for hydroxylation is 1. The largest absolute Gasteiger partial charge is 0.482 e. The molecule has 3 aromatic rings. The number of ether oxygens (including phenoxy) is 2. The number of carbonyl (C=O) groups excluding carboxylic acids is 1. The van der Waals surface area contributed by atoms with E-state index in [1.165, 1.54) is 31.1 Å². The number of carbonyl (C=O) groups is 1. The van der Waals surface area contributed by atoms with Crippen LogP contribution in [0.4, 0.5) is 0 Å². The van der Waals surface area contributed by atoms with Crippen molar-refractivity contribution in [3.8, 4) is 17.6 Å². The van der Waals surface area contributed by atoms with Gasteiger partial charge in [-0.15, -0.1) is 12.4 Å². The molecule has 0 unspecified atom stereocenters. The van der Waals surface area contributed by atoms with Crippen LogP contribution in [-0.2, 0) is 29.0 Å². The topological polar surface area (TPSA) is 47.6 Å². The third kappa shape index (κ3) is 9.31. The van der Waals surface area contributed by atoms with Gasteiger partial charge in [0, 0.05) is 24.2 Å². The van der Waals surface area contributed by atoms with Gasteiger partial charge in [-0.3, -0.25) is 0 Å². The second-order valence-electron chi connectivity index (χ2n) is 7.86. The number of unbranched alkanes of at least 4 members (excludes halogenated alkanes) is 1. The van der Waals surface area contributed by atoms with Crippen molar-refractivity contribution in [2.75, 3.05) is 13.7 Å². The highest BCUT2D eigenvalue weighted by molar-refractivity contribution is 5.85. The summed E-state index contributed by atoms with van der Waals surface area (Å²) in [5, 5.41) is 3.44. The third-order valence-electron chi connectivity index (χ3n) is 5.24. The number of nitrogens with one attached hydrogen (secondary N) is 1. The Labute approximate surface area is 209 Å². The predicted octanol–water partition coefficient (Wildman–Crippen LogP) is 5.69. The molecule has 3 rings (SSSR count). The van der Waals surface area contributed by atoms with Gasteiger partial charge < -0.3 is 14.8 Å². The van der Waals surface area contributed by atoms with Crippen LogP contribution < -0.4 is 10.1 Å². The maximum atomic E-state index is 11.1. The van der Waals surface area contributed by atoms with E-state index in [4.69, 9.17) is 4.74 Å². The van der Waals surface area contributed by atoms with Crippen LogP contribution >= 0.6 is 12.4 Å². The quantitative estimate of drug-likeness (QED) is 0.301. The van der Waals surface area contributed by atoms with E-state index in [0.29, 0.717) is 5.75 Å². The number of hydrogen-bond donors (Lipinski definition) is 1. The summed E-state index contributed by atoms with van der Waals surface area (Å²) >= 11 is 0. The molecule has 0 aliphatic carbocycles. The van der Waals surface area contributed by atoms with Crippen LogP contribution in [0.5, 0.6) is 5.75 Å². The Hall–Kier alpha value is -3.26. The summed E-state index contributed by atoms with van der Waals surface area (Å²) in [4.78, 5) is 11.1. The average molecular weight is 478 g/mol. The van der Waals surface area contributed by atoms with Gasteiger partial charge in [0.1, 0.15) is 5.75 Å². The van der Waals surface area contributed by atoms with Crippen LogP contribution in [0.2, 0.25) is 0 Å². The van der Waals surface area contributed by atoms with Gasteiger partial charge in [-0.05, 0) is 65.9 Å². The van der Waals surface area contributed by atoms with Gasteiger partial charge >= 0.3 is 5.97 Å². The van der Waals surface area contributed by atoms with Crippen molar-refractivity contribution in [2.45, 2.75) is 39.3 Å². The van der Waals surface area contributed by atoms with Crippen LogP contribution in [0.15, 0.2) is 72.8 Å². The molecule has 1 N–H and O–H groups in total. The fourth-order valence-corrected chi connectivity index (χ4v) is 3.24. The molecular weight excluding hydrogens is 446 g/mol. The Morgan fingerprint density at radius 2 is 1.29 bits per heavy atom. The first-order chi connectivity index (χ1) is 16.2. The molecule has 0 saturated carbocycles. The lowest BCUT2D eigenvalue weighted by molar-refractivity contribution is -0.142. The Morgan fingerprint density at radius 1 is 0.794 bits per heavy atom. The number of methoxy groups -OCH3 is 1. The minimum absolute atomic E-state index is 0. The second-order valence-corrected chi connectivity index (χ2v) is 7.86. The molecule has 34 heavy (non-hydrogen) atoms. The van der Waals surface area contributed by atoms with Crippen LogP contribution in [-0.4, -0.2) is 19.7 Å². The van der Waals surface area contributed by atoms with Crippen LogP contribution in [0.3, 0.4) is 0 Å². The molecule has 0 amide bonds. The zero-order chi connectivity index (χ0) is 23.3. The molecule has 0 heterocycles. The van der Waals surface area contributed by atoms with Gasteiger partial charge in [-0.1, -0.05) is 61.6 Å². The number of benzene rings is 3. The van der Waals surface area contributed by atoms with Crippen molar-refractivity contribution in [3.05, 3.63) is 101 Å². The number of rotatable bonds is 10. The highest BCUT2D eigenvalue weighted by Gasteiger charge is 2.02. The molecule has 0 atom stereocenters. The lowest BCUT2D eigenvalue weighted by Crippen LogP contribution is -2.13. The van der Waals surface area contributed by atoms with Gasteiger partial charge in [-0.25, -0.2) is 4.79 Å². The fraction of sp³-hybridized carbons (Fsp3) is 0.276. The van der Waals surface area contributed by atoms with Crippen LogP contribution in [0, 0.1) is 11.8 Å². The molecule has 0 radical (unpaired) electrons. The fourth-order valence-electron chi connectivity index (χ4n) is 3.24. The molecule has 0 spiro atoms. The molecule has 0 aromatic heterocycles. The first-order valence-electron chi connectivity index (χ1n) is 11.4. The SMILES string of the molecule is CCCCc1ccc(C#Cc2ccc(CNCc3ccc(OCC(=O)OC)cc3)cc2)cc1.Cl. The highest BCUT2D eigenvalue weighted by Crippen LogP contribution is 2.13. The standard InChI is InChI=1S/C29H31NO3.ClH/c1-3-4-5-23-6-8-24(9-7-23)10-11-25-12-14-26(15-13-25)20-30-21-27-16-18-28(19-17-27)33-22-29(31)32-2;/h6-9,12-19,30H,3-5,20-22H2,1-2H3;1H. The van der Waals surface area contributed by atoms with E-state index in [1.54, 1.807) is 0 Å². The molecule has 4 nitrogen and oxygen atoms in total. The average Bonchev–Trinajstić information content (AvgIpc) is 2.87. The van der Waals surface area contributed by atoms with E-state index in [9.17, 15) is 4.79 Å². The van der Waals surface area contributed by atoms with Gasteiger partial charge in [0.05, 0.1) is 7.11 Å². The maximum Gasteiger partial charge on any atom is 0.343 e. The van der Waals surface area contributed by atoms with Crippen molar-refractivity contribution in [1.82, 2.24) is 5.32 Å². The van der Waals surface area contributed by atoms with E-state index in [2.05, 4.69) is 77.3 Å². The monoisotopic (exact) mass is 477 g/mol. The molecule has 178 valence electrons. The molecule has 0 bridgehead atoms. The molecule has 5 heteroatoms. The molecule has 0 aliphatic rings. The summed E-state index contributed by atoms with van der Waals surface area (Å²) in [5.41, 5.74) is 5.78. The third-order valence-corrected chi connectivity index (χ3v) is 5.24. The molecule has 0 aliphatic heterocycles. The second kappa shape index (κ2) is 14.8. The summed E-state index contributed by atoms with van der Waals surface area (Å²) in [6, 6.07) is 24.6. The van der Waals surface area contributed by atoms with Crippen LogP contribution in [0.25, 0.3) is 0 Å². The van der Waals surface area contributed by atoms with Crippen molar-refractivity contribution >= 4 is 18.4 Å². The Morgan fingerprint density at radius 3 is 1.79 bits per heavy atom. The van der Waals surface area contributed by atoms with Crippen molar-refractivity contribution in [1.29, 1.82) is 0 Å². The Kier molecular flexibility index (Phi) is 11.7. The van der Waals surface area contributed by atoms with E-state index in [1.807, 2.05) is 24.3 Å². The van der Waals surface area contributed by atoms with Crippen molar-refractivity contribution < 1.29 is 14.3 Å². The van der Waals surface area contributed by atoms with E-state index in [-0.39, 0.29) is 19.0 Å². The number of esters is 1. The van der Waals surface area contributed by atoms with Crippen molar-refractivity contribution in [2.24, 2.45) is 0 Å². The van der Waals surface area contributed by atoms with Crippen molar-refractivity contribution in [3.63, 3.8) is 0 Å². The minimum atomic E-state index is -0.394. The first kappa shape index (κ1) is 27.0. The van der Waals surface area contributed by atoms with Gasteiger partial charge in [0.15, 0.2) is 6.61 Å². The van der Waals surface area contributed by atoms with Gasteiger partial charge in [0.25, 0.3) is 0 Å². The molecule has 0 saturated heterocycles. The Balaban J connectivity index is 0.00000408. The predicted molar refractivity (Wildman–Crippen MR) is 139 cm³/mol. The lowest BCUT2D eigenvalue weighted by Gasteiger charge is -2.08. The zero-order valence-electron chi connectivity index (χ0n) is 19.8. The summed E-state index contributed by atoms with van der Waals surface area (Å²) < 4.78 is 9.93. The molecule has 3 aromatic carbocycles. The number of halogens is 1. The zero-order valence-corrected chi connectivity index (χ0v) is 20.6. The maximum absolute atomic E-state index is 11.1. The normalized spacial score (nSPS) is 9.94. The first-order valence-corrected chi connectivity index (χ1v) is 11.4. The van der Waals surface area contributed by atoms with Gasteiger partial charge in [-0.2, -0.15) is 0 Å². The smallest absolute Gasteiger partial charge is 0.343 e. The molecular formula is C29H32ClNO3. The summed E-state index contributed by atoms with van der Waals surface area (Å²) in [6.45, 7) is 3.65. The van der Waals surface area contributed by atoms with Gasteiger partial charge in [0.2, 0.25) is 0 Å². The van der Waals surface area contributed by atoms with E-state index in [0.717, 1.165) is 36.2 Å². The summed E-state index contributed by atoms with van der Waals surface area (Å²) in [5.74, 6) is 6.75. The van der Waals surface area contributed by atoms with E-state index >= 15 is 0 Å². The van der Waals surface area contributed by atoms with E-state index < -0.39 is 5.97 Å². The highest BCUT2D eigenvalue weighted by atomic mass is 35.5. The minimum Gasteiger partial charge on any atom is -0.482 e. The lowest BCUT2D eigenvalue weighted by atomic mass is 10.1. The summed E-state index contributed by atoms with van der Waals surface area (Å²) in [7, 11) is 1.34. The number of hydrogen-bond acceptors (Lipinski definition) is 4. The van der Waals surface area contributed by atoms with Crippen LogP contribution in [0.1, 0.15) is 47.6 Å². The summed E-state index contributed by atoms with van der Waals surface area (Å²) in [6.07, 6.45) is 3.58. The molecule has 0 fully saturated rings.